The van der Waals surface area contributed by atoms with E-state index < -0.39 is 17.9 Å². The number of hydrogen-bond acceptors (Lipinski definition) is 5. The Bertz CT molecular complexity index is 987. The van der Waals surface area contributed by atoms with Gasteiger partial charge in [-0.05, 0) is 31.0 Å². The van der Waals surface area contributed by atoms with Crippen LogP contribution in [0.1, 0.15) is 24.1 Å². The van der Waals surface area contributed by atoms with Crippen molar-refractivity contribution in [2.24, 2.45) is 5.92 Å². The first-order valence-electron chi connectivity index (χ1n) is 9.35. The van der Waals surface area contributed by atoms with Gasteiger partial charge in [0, 0.05) is 12.1 Å². The number of aryl methyl sites for hydroxylation is 1. The molecule has 0 radical (unpaired) electrons. The van der Waals surface area contributed by atoms with Gasteiger partial charge in [-0.25, -0.2) is 0 Å². The van der Waals surface area contributed by atoms with Crippen LogP contribution in [0.2, 0.25) is 0 Å². The molecule has 29 heavy (non-hydrogen) atoms. The maximum atomic E-state index is 12.5. The van der Waals surface area contributed by atoms with Crippen molar-refractivity contribution in [3.8, 4) is 11.4 Å². The van der Waals surface area contributed by atoms with Crippen LogP contribution < -0.4 is 5.32 Å². The highest BCUT2D eigenvalue weighted by Crippen LogP contribution is 2.14. The molecule has 0 spiro atoms. The lowest BCUT2D eigenvalue weighted by Crippen LogP contribution is -2.38. The Kier molecular flexibility index (Phi) is 6.33. The molecule has 0 saturated heterocycles. The van der Waals surface area contributed by atoms with Crippen LogP contribution in [0, 0.1) is 12.8 Å². The molecule has 8 nitrogen and oxygen atoms in total. The zero-order valence-electron chi connectivity index (χ0n) is 16.3. The lowest BCUT2D eigenvalue weighted by molar-refractivity contribution is -0.141. The monoisotopic (exact) mass is 393 g/mol. The molecule has 150 valence electrons. The van der Waals surface area contributed by atoms with Gasteiger partial charge in [0.05, 0.1) is 5.92 Å². The molecular formula is C21H23N5O3. The first-order valence-corrected chi connectivity index (χ1v) is 9.35. The first-order chi connectivity index (χ1) is 13.9. The second kappa shape index (κ2) is 9.09. The number of carboxylic acid groups (broad SMARTS) is 1. The zero-order valence-corrected chi connectivity index (χ0v) is 16.3. The van der Waals surface area contributed by atoms with Crippen LogP contribution in [0.15, 0.2) is 54.6 Å². The molecule has 0 aliphatic rings. The summed E-state index contributed by atoms with van der Waals surface area (Å²) >= 11 is 0. The number of carboxylic acids is 1. The van der Waals surface area contributed by atoms with E-state index in [2.05, 4.69) is 20.7 Å². The molecule has 0 bridgehead atoms. The third-order valence-electron chi connectivity index (χ3n) is 4.62. The molecule has 2 atom stereocenters. The van der Waals surface area contributed by atoms with Crippen LogP contribution in [-0.2, 0) is 16.0 Å². The SMILES string of the molecule is Cc1cccc(CC(CNC(=O)C(C)n2nnc(-c3ccccc3)n2)C(=O)O)c1. The van der Waals surface area contributed by atoms with E-state index in [1.54, 1.807) is 6.92 Å². The summed E-state index contributed by atoms with van der Waals surface area (Å²) in [4.78, 5) is 25.3. The second-order valence-corrected chi connectivity index (χ2v) is 6.95. The summed E-state index contributed by atoms with van der Waals surface area (Å²) in [6, 6.07) is 16.3. The number of amides is 1. The standard InChI is InChI=1S/C21H23N5O3/c1-14-7-6-8-16(11-14)12-18(21(28)29)13-22-20(27)15(2)26-24-19(23-25-26)17-9-4-3-5-10-17/h3-11,15,18H,12-13H2,1-2H3,(H,22,27)(H,28,29). The van der Waals surface area contributed by atoms with Crippen molar-refractivity contribution in [2.45, 2.75) is 26.3 Å². The molecule has 1 heterocycles. The van der Waals surface area contributed by atoms with E-state index in [-0.39, 0.29) is 12.5 Å². The third-order valence-corrected chi connectivity index (χ3v) is 4.62. The van der Waals surface area contributed by atoms with Crippen LogP contribution in [0.25, 0.3) is 11.4 Å². The topological polar surface area (TPSA) is 110 Å². The van der Waals surface area contributed by atoms with Crippen LogP contribution in [-0.4, -0.2) is 43.7 Å². The lowest BCUT2D eigenvalue weighted by Gasteiger charge is -2.16. The number of tetrazole rings is 1. The van der Waals surface area contributed by atoms with Gasteiger partial charge in [0.2, 0.25) is 11.7 Å². The summed E-state index contributed by atoms with van der Waals surface area (Å²) in [5, 5.41) is 24.4. The normalized spacial score (nSPS) is 12.9. The van der Waals surface area contributed by atoms with Gasteiger partial charge in [0.1, 0.15) is 6.04 Å². The van der Waals surface area contributed by atoms with Crippen LogP contribution in [0.4, 0.5) is 0 Å². The molecular weight excluding hydrogens is 370 g/mol. The fourth-order valence-electron chi connectivity index (χ4n) is 2.94. The number of aromatic nitrogens is 4. The minimum atomic E-state index is -0.954. The number of nitrogens with one attached hydrogen (secondary N) is 1. The van der Waals surface area contributed by atoms with E-state index in [1.807, 2.05) is 61.5 Å². The number of benzene rings is 2. The Balaban J connectivity index is 1.61. The summed E-state index contributed by atoms with van der Waals surface area (Å²) in [7, 11) is 0. The largest absolute Gasteiger partial charge is 0.481 e. The second-order valence-electron chi connectivity index (χ2n) is 6.95. The van der Waals surface area contributed by atoms with Crippen molar-refractivity contribution in [1.82, 2.24) is 25.5 Å². The van der Waals surface area contributed by atoms with Crippen molar-refractivity contribution in [2.75, 3.05) is 6.54 Å². The number of hydrogen-bond donors (Lipinski definition) is 2. The number of carbonyl (C=O) groups excluding carboxylic acids is 1. The van der Waals surface area contributed by atoms with Crippen molar-refractivity contribution in [3.05, 3.63) is 65.7 Å². The molecule has 2 unspecified atom stereocenters. The van der Waals surface area contributed by atoms with Crippen molar-refractivity contribution >= 4 is 11.9 Å². The summed E-state index contributed by atoms with van der Waals surface area (Å²) in [6.45, 7) is 3.62. The van der Waals surface area contributed by atoms with Crippen molar-refractivity contribution < 1.29 is 14.7 Å². The first kappa shape index (κ1) is 20.2. The van der Waals surface area contributed by atoms with Gasteiger partial charge in [-0.2, -0.15) is 4.80 Å². The Morgan fingerprint density at radius 1 is 1.14 bits per heavy atom. The van der Waals surface area contributed by atoms with Crippen LogP contribution >= 0.6 is 0 Å². The molecule has 1 aromatic heterocycles. The molecule has 0 aliphatic heterocycles. The van der Waals surface area contributed by atoms with E-state index in [0.29, 0.717) is 12.2 Å². The van der Waals surface area contributed by atoms with Gasteiger partial charge in [-0.3, -0.25) is 9.59 Å². The van der Waals surface area contributed by atoms with Crippen LogP contribution in [0.5, 0.6) is 0 Å². The van der Waals surface area contributed by atoms with E-state index in [9.17, 15) is 14.7 Å². The van der Waals surface area contributed by atoms with Gasteiger partial charge in [0.25, 0.3) is 0 Å². The fourth-order valence-corrected chi connectivity index (χ4v) is 2.94. The van der Waals surface area contributed by atoms with Crippen LogP contribution in [0.3, 0.4) is 0 Å². The van der Waals surface area contributed by atoms with E-state index in [0.717, 1.165) is 16.7 Å². The Hall–Kier alpha value is -3.55. The van der Waals surface area contributed by atoms with Gasteiger partial charge < -0.3 is 10.4 Å². The Morgan fingerprint density at radius 3 is 2.59 bits per heavy atom. The highest BCUT2D eigenvalue weighted by atomic mass is 16.4. The minimum Gasteiger partial charge on any atom is -0.481 e. The Morgan fingerprint density at radius 2 is 1.90 bits per heavy atom. The number of aliphatic carboxylic acids is 1. The maximum Gasteiger partial charge on any atom is 0.308 e. The predicted molar refractivity (Wildman–Crippen MR) is 107 cm³/mol. The number of rotatable bonds is 8. The molecule has 2 N–H and O–H groups in total. The predicted octanol–water partition coefficient (Wildman–Crippen LogP) is 2.27. The summed E-state index contributed by atoms with van der Waals surface area (Å²) in [5.41, 5.74) is 2.79. The van der Waals surface area contributed by atoms with E-state index in [1.165, 1.54) is 4.80 Å². The highest BCUT2D eigenvalue weighted by molar-refractivity contribution is 5.80. The van der Waals surface area contributed by atoms with Crippen molar-refractivity contribution in [1.29, 1.82) is 0 Å². The molecule has 1 amide bonds. The van der Waals surface area contributed by atoms with Crippen molar-refractivity contribution in [3.63, 3.8) is 0 Å². The number of carbonyl (C=O) groups is 2. The molecule has 2 aromatic carbocycles. The zero-order chi connectivity index (χ0) is 20.8. The van der Waals surface area contributed by atoms with E-state index >= 15 is 0 Å². The fraction of sp³-hybridized carbons (Fsp3) is 0.286. The third kappa shape index (κ3) is 5.25. The molecule has 3 aromatic rings. The summed E-state index contributed by atoms with van der Waals surface area (Å²) in [5.74, 6) is -1.62. The summed E-state index contributed by atoms with van der Waals surface area (Å²) in [6.07, 6.45) is 0.339. The van der Waals surface area contributed by atoms with Gasteiger partial charge in [0.15, 0.2) is 0 Å². The lowest BCUT2D eigenvalue weighted by atomic mass is 9.98. The highest BCUT2D eigenvalue weighted by Gasteiger charge is 2.23. The smallest absolute Gasteiger partial charge is 0.308 e. The quantitative estimate of drug-likeness (QED) is 0.607. The van der Waals surface area contributed by atoms with E-state index in [4.69, 9.17) is 0 Å². The van der Waals surface area contributed by atoms with Gasteiger partial charge >= 0.3 is 5.97 Å². The summed E-state index contributed by atoms with van der Waals surface area (Å²) < 4.78 is 0. The minimum absolute atomic E-state index is 0.0205. The molecule has 0 fully saturated rings. The maximum absolute atomic E-state index is 12.5. The average Bonchev–Trinajstić information content (AvgIpc) is 3.21. The number of nitrogens with zero attached hydrogens (tertiary/aromatic N) is 4. The molecule has 8 heteroatoms. The molecule has 0 aliphatic carbocycles. The average molecular weight is 393 g/mol. The Labute approximate surface area is 168 Å². The van der Waals surface area contributed by atoms with Gasteiger partial charge in [-0.15, -0.1) is 10.2 Å². The van der Waals surface area contributed by atoms with Gasteiger partial charge in [-0.1, -0.05) is 60.2 Å². The molecule has 3 rings (SSSR count). The molecule has 0 saturated carbocycles.